The van der Waals surface area contributed by atoms with Crippen molar-refractivity contribution in [2.75, 3.05) is 31.5 Å². The highest BCUT2D eigenvalue weighted by atomic mass is 16.4. The fraction of sp³-hybridized carbons (Fsp3) is 0.423. The van der Waals surface area contributed by atoms with E-state index in [1.54, 1.807) is 4.90 Å². The summed E-state index contributed by atoms with van der Waals surface area (Å²) in [6.45, 7) is 2.65. The summed E-state index contributed by atoms with van der Waals surface area (Å²) < 4.78 is 0. The molecule has 2 aliphatic heterocycles. The predicted molar refractivity (Wildman–Crippen MR) is 126 cm³/mol. The number of carboxylic acids is 1. The lowest BCUT2D eigenvalue weighted by Crippen LogP contribution is -2.43. The summed E-state index contributed by atoms with van der Waals surface area (Å²) in [5, 5.41) is 15.4. The lowest BCUT2D eigenvalue weighted by atomic mass is 9.87. The number of nitrogens with one attached hydrogen (secondary N) is 2. The van der Waals surface area contributed by atoms with E-state index < -0.39 is 11.9 Å². The Morgan fingerprint density at radius 1 is 1.00 bits per heavy atom. The maximum Gasteiger partial charge on any atom is 0.303 e. The van der Waals surface area contributed by atoms with Crippen LogP contribution in [0.4, 0.5) is 5.69 Å². The molecule has 1 saturated heterocycles. The first-order chi connectivity index (χ1) is 16.0. The number of carbonyl (C=O) groups is 3. The van der Waals surface area contributed by atoms with E-state index in [4.69, 9.17) is 5.11 Å². The van der Waals surface area contributed by atoms with Crippen molar-refractivity contribution in [2.24, 2.45) is 11.8 Å². The van der Waals surface area contributed by atoms with Crippen LogP contribution < -0.4 is 10.6 Å². The molecule has 3 atom stereocenters. The van der Waals surface area contributed by atoms with Gasteiger partial charge in [-0.1, -0.05) is 48.5 Å². The van der Waals surface area contributed by atoms with Crippen LogP contribution in [0, 0.1) is 11.8 Å². The molecule has 0 aromatic heterocycles. The zero-order valence-electron chi connectivity index (χ0n) is 18.7. The minimum absolute atomic E-state index is 0.0158. The molecule has 0 bridgehead atoms. The van der Waals surface area contributed by atoms with Crippen LogP contribution in [0.2, 0.25) is 0 Å². The molecule has 0 radical (unpaired) electrons. The highest BCUT2D eigenvalue weighted by Crippen LogP contribution is 2.34. The lowest BCUT2D eigenvalue weighted by Gasteiger charge is -2.33. The first kappa shape index (κ1) is 23.0. The number of amides is 2. The van der Waals surface area contributed by atoms with E-state index >= 15 is 0 Å². The fourth-order valence-electron chi connectivity index (χ4n) is 5.00. The van der Waals surface area contributed by atoms with E-state index in [1.807, 2.05) is 42.5 Å². The average Bonchev–Trinajstić information content (AvgIpc) is 3.24. The van der Waals surface area contributed by atoms with Gasteiger partial charge in [-0.15, -0.1) is 0 Å². The van der Waals surface area contributed by atoms with Crippen LogP contribution in [0.3, 0.4) is 0 Å². The minimum atomic E-state index is -0.866. The first-order valence-electron chi connectivity index (χ1n) is 11.6. The quantitative estimate of drug-likeness (QED) is 0.547. The summed E-state index contributed by atoms with van der Waals surface area (Å²) in [4.78, 5) is 38.9. The second-order valence-electron chi connectivity index (χ2n) is 9.04. The van der Waals surface area contributed by atoms with Crippen molar-refractivity contribution >= 4 is 23.5 Å². The molecule has 2 aromatic carbocycles. The summed E-state index contributed by atoms with van der Waals surface area (Å²) in [7, 11) is 0. The van der Waals surface area contributed by atoms with Crippen molar-refractivity contribution in [3.8, 4) is 0 Å². The fourth-order valence-corrected chi connectivity index (χ4v) is 5.00. The van der Waals surface area contributed by atoms with E-state index in [0.29, 0.717) is 31.1 Å². The number of benzene rings is 2. The van der Waals surface area contributed by atoms with Gasteiger partial charge in [0.2, 0.25) is 11.8 Å². The largest absolute Gasteiger partial charge is 0.481 e. The van der Waals surface area contributed by atoms with Gasteiger partial charge in [-0.05, 0) is 55.0 Å². The van der Waals surface area contributed by atoms with Crippen molar-refractivity contribution < 1.29 is 19.5 Å². The summed E-state index contributed by atoms with van der Waals surface area (Å²) in [6.07, 6.45) is 1.46. The maximum absolute atomic E-state index is 13.7. The van der Waals surface area contributed by atoms with Crippen LogP contribution in [-0.2, 0) is 20.8 Å². The van der Waals surface area contributed by atoms with Crippen molar-refractivity contribution in [3.63, 3.8) is 0 Å². The minimum Gasteiger partial charge on any atom is -0.481 e. The predicted octanol–water partition coefficient (Wildman–Crippen LogP) is 2.88. The van der Waals surface area contributed by atoms with E-state index in [1.165, 1.54) is 5.56 Å². The number of para-hydroxylation sites is 1. The van der Waals surface area contributed by atoms with Gasteiger partial charge < -0.3 is 20.6 Å². The maximum atomic E-state index is 13.7. The van der Waals surface area contributed by atoms with E-state index in [9.17, 15) is 14.4 Å². The second kappa shape index (κ2) is 10.6. The van der Waals surface area contributed by atoms with E-state index in [2.05, 4.69) is 22.8 Å². The monoisotopic (exact) mass is 449 g/mol. The van der Waals surface area contributed by atoms with Gasteiger partial charge in [-0.2, -0.15) is 0 Å². The third-order valence-electron chi connectivity index (χ3n) is 6.70. The molecule has 1 unspecified atom stereocenters. The van der Waals surface area contributed by atoms with Crippen LogP contribution in [0.5, 0.6) is 0 Å². The number of carbonyl (C=O) groups excluding carboxylic acids is 2. The number of carboxylic acid groups (broad SMARTS) is 1. The van der Waals surface area contributed by atoms with Gasteiger partial charge in [0.25, 0.3) is 0 Å². The van der Waals surface area contributed by atoms with Gasteiger partial charge in [-0.3, -0.25) is 14.4 Å². The molecule has 7 heteroatoms. The highest BCUT2D eigenvalue weighted by Gasteiger charge is 2.36. The Morgan fingerprint density at radius 2 is 1.73 bits per heavy atom. The Labute approximate surface area is 194 Å². The lowest BCUT2D eigenvalue weighted by molar-refractivity contribution is -0.139. The smallest absolute Gasteiger partial charge is 0.303 e. The van der Waals surface area contributed by atoms with Crippen LogP contribution >= 0.6 is 0 Å². The van der Waals surface area contributed by atoms with Crippen LogP contribution in [0.15, 0.2) is 54.6 Å². The second-order valence-corrected chi connectivity index (χ2v) is 9.04. The molecular formula is C26H31N3O4. The van der Waals surface area contributed by atoms with Gasteiger partial charge in [0.05, 0.1) is 5.92 Å². The summed E-state index contributed by atoms with van der Waals surface area (Å²) in [5.74, 6) is -0.998. The number of anilines is 1. The Kier molecular flexibility index (Phi) is 7.40. The van der Waals surface area contributed by atoms with Crippen LogP contribution in [0.25, 0.3) is 0 Å². The molecule has 33 heavy (non-hydrogen) atoms. The third-order valence-corrected chi connectivity index (χ3v) is 6.70. The molecule has 2 heterocycles. The third kappa shape index (κ3) is 5.79. The Bertz CT molecular complexity index is 994. The van der Waals surface area contributed by atoms with Crippen molar-refractivity contribution in [3.05, 3.63) is 65.7 Å². The standard InChI is InChI=1S/C26H31N3O4/c30-24-14-22(21-9-4-5-10-23(21)28-24)26(33)29(12-6-11-25(31)32)17-20-16-27-15-19(20)13-18-7-2-1-3-8-18/h1-5,7-10,19-20,22,27H,6,11-17H2,(H,28,30)(H,31,32)/t19-,20-,22?/m0/s1. The molecule has 7 nitrogen and oxygen atoms in total. The zero-order valence-corrected chi connectivity index (χ0v) is 18.7. The SMILES string of the molecule is O=C(O)CCCN(C[C@@H]1CNC[C@@H]1Cc1ccccc1)C(=O)C1CC(=O)Nc2ccccc21. The van der Waals surface area contributed by atoms with Gasteiger partial charge in [0.15, 0.2) is 0 Å². The molecule has 2 aliphatic rings. The highest BCUT2D eigenvalue weighted by molar-refractivity contribution is 6.01. The van der Waals surface area contributed by atoms with Crippen molar-refractivity contribution in [2.45, 2.75) is 31.6 Å². The number of hydrogen-bond donors (Lipinski definition) is 3. The summed E-state index contributed by atoms with van der Waals surface area (Å²) >= 11 is 0. The first-order valence-corrected chi connectivity index (χ1v) is 11.6. The molecule has 0 spiro atoms. The number of hydrogen-bond acceptors (Lipinski definition) is 4. The molecule has 4 rings (SSSR count). The average molecular weight is 450 g/mol. The molecule has 0 aliphatic carbocycles. The molecule has 174 valence electrons. The van der Waals surface area contributed by atoms with Gasteiger partial charge in [0.1, 0.15) is 0 Å². The number of nitrogens with zero attached hydrogens (tertiary/aromatic N) is 1. The van der Waals surface area contributed by atoms with Gasteiger partial charge >= 0.3 is 5.97 Å². The molecule has 0 saturated carbocycles. The van der Waals surface area contributed by atoms with Gasteiger partial charge in [0, 0.05) is 31.6 Å². The molecule has 2 aromatic rings. The number of fused-ring (bicyclic) bond motifs is 1. The van der Waals surface area contributed by atoms with Crippen molar-refractivity contribution in [1.29, 1.82) is 0 Å². The summed E-state index contributed by atoms with van der Waals surface area (Å²) in [5.41, 5.74) is 2.79. The Morgan fingerprint density at radius 3 is 2.52 bits per heavy atom. The number of aliphatic carboxylic acids is 1. The normalized spacial score (nSPS) is 21.8. The molecule has 3 N–H and O–H groups in total. The van der Waals surface area contributed by atoms with Crippen LogP contribution in [-0.4, -0.2) is 54.0 Å². The van der Waals surface area contributed by atoms with E-state index in [-0.39, 0.29) is 30.6 Å². The molecule has 2 amide bonds. The molecule has 1 fully saturated rings. The molecular weight excluding hydrogens is 418 g/mol. The van der Waals surface area contributed by atoms with Crippen LogP contribution in [0.1, 0.15) is 36.3 Å². The number of rotatable bonds is 9. The Balaban J connectivity index is 1.51. The topological polar surface area (TPSA) is 98.7 Å². The zero-order chi connectivity index (χ0) is 23.2. The Hall–Kier alpha value is -3.19. The van der Waals surface area contributed by atoms with Gasteiger partial charge in [-0.25, -0.2) is 0 Å². The van der Waals surface area contributed by atoms with Crippen molar-refractivity contribution in [1.82, 2.24) is 10.2 Å². The summed E-state index contributed by atoms with van der Waals surface area (Å²) in [6, 6.07) is 17.8. The van der Waals surface area contributed by atoms with E-state index in [0.717, 1.165) is 25.1 Å².